The van der Waals surface area contributed by atoms with E-state index in [0.29, 0.717) is 16.9 Å². The maximum absolute atomic E-state index is 11.5. The van der Waals surface area contributed by atoms with Crippen molar-refractivity contribution in [1.82, 2.24) is 0 Å². The van der Waals surface area contributed by atoms with E-state index >= 15 is 0 Å². The molecule has 31 heavy (non-hydrogen) atoms. The van der Waals surface area contributed by atoms with Crippen LogP contribution in [0.25, 0.3) is 5.57 Å². The molecular weight excluding hydrogens is 392 g/mol. The number of esters is 1. The van der Waals surface area contributed by atoms with Crippen LogP contribution < -0.4 is 4.74 Å². The van der Waals surface area contributed by atoms with E-state index in [4.69, 9.17) is 9.47 Å². The van der Waals surface area contributed by atoms with Gasteiger partial charge in [-0.3, -0.25) is 0 Å². The average Bonchev–Trinajstić information content (AvgIpc) is 2.76. The largest absolute Gasteiger partial charge is 0.508 e. The summed E-state index contributed by atoms with van der Waals surface area (Å²) in [5.41, 5.74) is 5.56. The molecule has 0 saturated carbocycles. The van der Waals surface area contributed by atoms with Crippen LogP contribution in [0.2, 0.25) is 0 Å². The predicted octanol–water partition coefficient (Wildman–Crippen LogP) is 4.90. The lowest BCUT2D eigenvalue weighted by molar-refractivity contribution is -0.139. The second kappa shape index (κ2) is 10.1. The van der Waals surface area contributed by atoms with E-state index in [1.165, 1.54) is 5.57 Å². The molecule has 0 spiro atoms. The molecule has 0 aromatic heterocycles. The molecule has 0 heterocycles. The molecule has 1 aliphatic rings. The highest BCUT2D eigenvalue weighted by atomic mass is 16.6. The Kier molecular flexibility index (Phi) is 7.32. The van der Waals surface area contributed by atoms with Crippen molar-refractivity contribution in [2.24, 2.45) is 0 Å². The number of benzene rings is 2. The van der Waals surface area contributed by atoms with Crippen molar-refractivity contribution in [2.75, 3.05) is 13.2 Å². The molecule has 1 aliphatic carbocycles. The van der Waals surface area contributed by atoms with Crippen LogP contribution in [0.5, 0.6) is 11.5 Å². The molecule has 1 unspecified atom stereocenters. The van der Waals surface area contributed by atoms with Gasteiger partial charge in [-0.1, -0.05) is 48.6 Å². The molecular formula is C26H28O5. The van der Waals surface area contributed by atoms with Crippen LogP contribution in [0.3, 0.4) is 0 Å². The van der Waals surface area contributed by atoms with E-state index in [2.05, 4.69) is 25.7 Å². The fraction of sp³-hybridized carbons (Fsp3) is 0.269. The summed E-state index contributed by atoms with van der Waals surface area (Å²) in [7, 11) is 0. The zero-order chi connectivity index (χ0) is 22.4. The molecule has 162 valence electrons. The lowest BCUT2D eigenvalue weighted by Gasteiger charge is -2.23. The minimum atomic E-state index is -0.445. The van der Waals surface area contributed by atoms with Crippen molar-refractivity contribution in [3.8, 4) is 11.5 Å². The number of phenolic OH excluding ortho intramolecular Hbond substituents is 1. The molecule has 2 aromatic rings. The van der Waals surface area contributed by atoms with Gasteiger partial charge in [0.2, 0.25) is 0 Å². The lowest BCUT2D eigenvalue weighted by Crippen LogP contribution is -2.13. The molecule has 3 rings (SSSR count). The van der Waals surface area contributed by atoms with Crippen LogP contribution in [0.4, 0.5) is 0 Å². The molecule has 5 nitrogen and oxygen atoms in total. The standard InChI is InChI=1S/C26H28O5/c1-17(2)26(29)31-13-12-30-25-15-21(4-5-22(25)16-27)24-11-8-20(14-18(24)3)19-6-9-23(28)10-7-19/h4-10,14-15,24,27-28H,1,11-13,16H2,2-3H3. The van der Waals surface area contributed by atoms with Gasteiger partial charge in [0.15, 0.2) is 0 Å². The third-order valence-corrected chi connectivity index (χ3v) is 5.29. The highest BCUT2D eigenvalue weighted by Gasteiger charge is 2.19. The fourth-order valence-corrected chi connectivity index (χ4v) is 3.55. The number of hydrogen-bond acceptors (Lipinski definition) is 5. The molecule has 2 N–H and O–H groups in total. The Morgan fingerprint density at radius 2 is 1.90 bits per heavy atom. The molecule has 0 bridgehead atoms. The van der Waals surface area contributed by atoms with E-state index in [1.807, 2.05) is 30.3 Å². The number of aromatic hydroxyl groups is 1. The Balaban J connectivity index is 1.71. The summed E-state index contributed by atoms with van der Waals surface area (Å²) in [6, 6.07) is 13.0. The van der Waals surface area contributed by atoms with Gasteiger partial charge in [0, 0.05) is 17.1 Å². The number of phenols is 1. The maximum atomic E-state index is 11.5. The Bertz CT molecular complexity index is 1010. The monoisotopic (exact) mass is 420 g/mol. The summed E-state index contributed by atoms with van der Waals surface area (Å²) in [5.74, 6) is 0.605. The van der Waals surface area contributed by atoms with E-state index in [-0.39, 0.29) is 31.5 Å². The van der Waals surface area contributed by atoms with Crippen molar-refractivity contribution in [2.45, 2.75) is 32.8 Å². The predicted molar refractivity (Wildman–Crippen MR) is 121 cm³/mol. The van der Waals surface area contributed by atoms with Gasteiger partial charge in [0.05, 0.1) is 6.61 Å². The summed E-state index contributed by atoms with van der Waals surface area (Å²) in [6.07, 6.45) is 5.20. The minimum absolute atomic E-state index is 0.113. The van der Waals surface area contributed by atoms with Crippen molar-refractivity contribution >= 4 is 11.5 Å². The number of aliphatic hydroxyl groups excluding tert-OH is 1. The number of aliphatic hydroxyl groups is 1. The van der Waals surface area contributed by atoms with Gasteiger partial charge in [0.25, 0.3) is 0 Å². The number of ether oxygens (including phenoxy) is 2. The van der Waals surface area contributed by atoms with Crippen LogP contribution in [-0.4, -0.2) is 29.4 Å². The average molecular weight is 421 g/mol. The van der Waals surface area contributed by atoms with Crippen molar-refractivity contribution < 1.29 is 24.5 Å². The highest BCUT2D eigenvalue weighted by molar-refractivity contribution is 5.86. The molecule has 5 heteroatoms. The number of carbonyl (C=O) groups excluding carboxylic acids is 1. The smallest absolute Gasteiger partial charge is 0.333 e. The lowest BCUT2D eigenvalue weighted by atomic mass is 9.82. The SMILES string of the molecule is C=C(C)C(=O)OCCOc1cc(C2CC=C(c3ccc(O)cc3)C=C2C)ccc1CO. The van der Waals surface area contributed by atoms with Crippen LogP contribution in [0.1, 0.15) is 42.9 Å². The number of rotatable bonds is 8. The van der Waals surface area contributed by atoms with Crippen molar-refractivity contribution in [3.05, 3.63) is 89.0 Å². The van der Waals surface area contributed by atoms with Crippen LogP contribution in [-0.2, 0) is 16.1 Å². The molecule has 0 radical (unpaired) electrons. The fourth-order valence-electron chi connectivity index (χ4n) is 3.55. The normalized spacial score (nSPS) is 15.6. The van der Waals surface area contributed by atoms with Crippen molar-refractivity contribution in [3.63, 3.8) is 0 Å². The molecule has 0 saturated heterocycles. The summed E-state index contributed by atoms with van der Waals surface area (Å²) in [6.45, 7) is 7.42. The van der Waals surface area contributed by atoms with E-state index in [0.717, 1.165) is 23.1 Å². The van der Waals surface area contributed by atoms with E-state index < -0.39 is 5.97 Å². The summed E-state index contributed by atoms with van der Waals surface area (Å²) >= 11 is 0. The first-order chi connectivity index (χ1) is 14.9. The van der Waals surface area contributed by atoms with Gasteiger partial charge >= 0.3 is 5.97 Å². The second-order valence-corrected chi connectivity index (χ2v) is 7.67. The van der Waals surface area contributed by atoms with E-state index in [1.54, 1.807) is 19.1 Å². The van der Waals surface area contributed by atoms with Gasteiger partial charge in [-0.25, -0.2) is 4.79 Å². The van der Waals surface area contributed by atoms with Gasteiger partial charge in [-0.2, -0.15) is 0 Å². The first-order valence-electron chi connectivity index (χ1n) is 10.3. The van der Waals surface area contributed by atoms with Gasteiger partial charge < -0.3 is 19.7 Å². The zero-order valence-corrected chi connectivity index (χ0v) is 17.9. The molecule has 1 atom stereocenters. The van der Waals surface area contributed by atoms with Crippen molar-refractivity contribution in [1.29, 1.82) is 0 Å². The Hall–Kier alpha value is -3.31. The maximum Gasteiger partial charge on any atom is 0.333 e. The Morgan fingerprint density at radius 3 is 2.55 bits per heavy atom. The topological polar surface area (TPSA) is 76.0 Å². The third kappa shape index (κ3) is 5.64. The van der Waals surface area contributed by atoms with Gasteiger partial charge in [-0.05, 0) is 55.2 Å². The summed E-state index contributed by atoms with van der Waals surface area (Å²) < 4.78 is 10.9. The molecule has 2 aromatic carbocycles. The zero-order valence-electron chi connectivity index (χ0n) is 17.9. The first kappa shape index (κ1) is 22.4. The van der Waals surface area contributed by atoms with E-state index in [9.17, 15) is 15.0 Å². The molecule has 0 aliphatic heterocycles. The molecule has 0 fully saturated rings. The van der Waals surface area contributed by atoms with Crippen LogP contribution in [0, 0.1) is 0 Å². The van der Waals surface area contributed by atoms with Gasteiger partial charge in [-0.15, -0.1) is 0 Å². The Labute approximate surface area is 183 Å². The van der Waals surface area contributed by atoms with Crippen LogP contribution in [0.15, 0.2) is 72.3 Å². The number of carbonyl (C=O) groups is 1. The minimum Gasteiger partial charge on any atom is -0.508 e. The second-order valence-electron chi connectivity index (χ2n) is 7.67. The Morgan fingerprint density at radius 1 is 1.16 bits per heavy atom. The van der Waals surface area contributed by atoms with Gasteiger partial charge in [0.1, 0.15) is 24.7 Å². The quantitative estimate of drug-likeness (QED) is 0.361. The molecule has 0 amide bonds. The van der Waals surface area contributed by atoms with Crippen LogP contribution >= 0.6 is 0 Å². The third-order valence-electron chi connectivity index (χ3n) is 5.29. The highest BCUT2D eigenvalue weighted by Crippen LogP contribution is 2.37. The number of hydrogen-bond donors (Lipinski definition) is 2. The summed E-state index contributed by atoms with van der Waals surface area (Å²) in [5, 5.41) is 19.2. The number of allylic oxidation sites excluding steroid dienone is 4. The first-order valence-corrected chi connectivity index (χ1v) is 10.3. The summed E-state index contributed by atoms with van der Waals surface area (Å²) in [4.78, 5) is 11.5.